The van der Waals surface area contributed by atoms with Gasteiger partial charge in [0.1, 0.15) is 5.75 Å². The fourth-order valence-electron chi connectivity index (χ4n) is 2.52. The van der Waals surface area contributed by atoms with Crippen molar-refractivity contribution in [1.29, 1.82) is 0 Å². The second kappa shape index (κ2) is 5.45. The first-order chi connectivity index (χ1) is 9.12. The van der Waals surface area contributed by atoms with Gasteiger partial charge >= 0.3 is 0 Å². The summed E-state index contributed by atoms with van der Waals surface area (Å²) in [5, 5.41) is 4.56. The Hall–Kier alpha value is -1.81. The van der Waals surface area contributed by atoms with E-state index >= 15 is 0 Å². The largest absolute Gasteiger partial charge is 0.496 e. The summed E-state index contributed by atoms with van der Waals surface area (Å²) in [5.74, 6) is 0.837. The Bertz CT molecular complexity index is 587. The molecule has 0 aliphatic heterocycles. The summed E-state index contributed by atoms with van der Waals surface area (Å²) in [5.41, 5.74) is 11.4. The van der Waals surface area contributed by atoms with Crippen molar-refractivity contribution in [2.45, 2.75) is 33.9 Å². The highest BCUT2D eigenvalue weighted by Gasteiger charge is 2.14. The van der Waals surface area contributed by atoms with Gasteiger partial charge in [0.25, 0.3) is 0 Å². The van der Waals surface area contributed by atoms with E-state index in [0.717, 1.165) is 29.1 Å². The van der Waals surface area contributed by atoms with Crippen molar-refractivity contribution in [2.24, 2.45) is 5.73 Å². The molecule has 0 saturated carbocycles. The van der Waals surface area contributed by atoms with Gasteiger partial charge in [-0.15, -0.1) is 0 Å². The second-order valence-electron chi connectivity index (χ2n) is 4.59. The van der Waals surface area contributed by atoms with Gasteiger partial charge in [0.15, 0.2) is 0 Å². The monoisotopic (exact) mass is 259 g/mol. The number of benzene rings is 1. The fraction of sp³-hybridized carbons (Fsp3) is 0.400. The van der Waals surface area contributed by atoms with Crippen LogP contribution in [-0.2, 0) is 13.1 Å². The van der Waals surface area contributed by atoms with E-state index in [0.29, 0.717) is 6.54 Å². The predicted octanol–water partition coefficient (Wildman–Crippen LogP) is 2.65. The van der Waals surface area contributed by atoms with Crippen molar-refractivity contribution in [3.63, 3.8) is 0 Å². The molecule has 4 heteroatoms. The average Bonchev–Trinajstić information content (AvgIpc) is 2.72. The molecular weight excluding hydrogens is 238 g/mol. The molecule has 0 amide bonds. The molecule has 0 aliphatic carbocycles. The van der Waals surface area contributed by atoms with E-state index in [-0.39, 0.29) is 0 Å². The van der Waals surface area contributed by atoms with Gasteiger partial charge < -0.3 is 10.5 Å². The maximum atomic E-state index is 5.78. The van der Waals surface area contributed by atoms with Crippen molar-refractivity contribution < 1.29 is 4.74 Å². The molecule has 1 aromatic carbocycles. The molecule has 102 valence electrons. The van der Waals surface area contributed by atoms with Crippen LogP contribution in [0.2, 0.25) is 0 Å². The maximum absolute atomic E-state index is 5.78. The van der Waals surface area contributed by atoms with Gasteiger partial charge in [0.2, 0.25) is 0 Å². The molecule has 0 aliphatic rings. The third kappa shape index (κ3) is 2.36. The minimum Gasteiger partial charge on any atom is -0.496 e. The molecule has 4 nitrogen and oxygen atoms in total. The van der Waals surface area contributed by atoms with E-state index in [4.69, 9.17) is 10.5 Å². The Morgan fingerprint density at radius 1 is 1.32 bits per heavy atom. The van der Waals surface area contributed by atoms with Crippen LogP contribution in [-0.4, -0.2) is 16.9 Å². The first-order valence-corrected chi connectivity index (χ1v) is 6.53. The Labute approximate surface area is 114 Å². The fourth-order valence-corrected chi connectivity index (χ4v) is 2.52. The van der Waals surface area contributed by atoms with E-state index in [1.807, 2.05) is 17.7 Å². The first kappa shape index (κ1) is 13.6. The SMILES string of the molecule is CCn1nc(C)c(-c2ccc(OC)c(CN)c2)c1C. The minimum absolute atomic E-state index is 0.469. The molecule has 19 heavy (non-hydrogen) atoms. The van der Waals surface area contributed by atoms with Gasteiger partial charge in [0, 0.05) is 29.9 Å². The van der Waals surface area contributed by atoms with E-state index in [2.05, 4.69) is 31.1 Å². The van der Waals surface area contributed by atoms with Crippen LogP contribution in [0.25, 0.3) is 11.1 Å². The molecule has 0 unspecified atom stereocenters. The lowest BCUT2D eigenvalue weighted by molar-refractivity contribution is 0.410. The molecule has 0 spiro atoms. The van der Waals surface area contributed by atoms with Gasteiger partial charge in [-0.2, -0.15) is 5.10 Å². The number of hydrogen-bond acceptors (Lipinski definition) is 3. The Morgan fingerprint density at radius 2 is 2.05 bits per heavy atom. The second-order valence-corrected chi connectivity index (χ2v) is 4.59. The van der Waals surface area contributed by atoms with Crippen molar-refractivity contribution in [2.75, 3.05) is 7.11 Å². The Morgan fingerprint density at radius 3 is 2.58 bits per heavy atom. The Kier molecular flexibility index (Phi) is 3.90. The summed E-state index contributed by atoms with van der Waals surface area (Å²) >= 11 is 0. The molecular formula is C15H21N3O. The number of nitrogens with two attached hydrogens (primary N) is 1. The molecule has 0 fully saturated rings. The van der Waals surface area contributed by atoms with Crippen LogP contribution in [0.15, 0.2) is 18.2 Å². The number of aromatic nitrogens is 2. The number of aryl methyl sites for hydroxylation is 2. The lowest BCUT2D eigenvalue weighted by atomic mass is 10.0. The summed E-state index contributed by atoms with van der Waals surface area (Å²) < 4.78 is 7.34. The summed E-state index contributed by atoms with van der Waals surface area (Å²) in [4.78, 5) is 0. The van der Waals surface area contributed by atoms with E-state index in [9.17, 15) is 0 Å². The third-order valence-electron chi connectivity index (χ3n) is 3.47. The molecule has 0 radical (unpaired) electrons. The number of hydrogen-bond donors (Lipinski definition) is 1. The van der Waals surface area contributed by atoms with Crippen LogP contribution in [0.1, 0.15) is 23.9 Å². The number of methoxy groups -OCH3 is 1. The zero-order valence-electron chi connectivity index (χ0n) is 12.0. The zero-order chi connectivity index (χ0) is 14.0. The van der Waals surface area contributed by atoms with Crippen molar-refractivity contribution in [3.8, 4) is 16.9 Å². The normalized spacial score (nSPS) is 10.8. The number of rotatable bonds is 4. The molecule has 2 N–H and O–H groups in total. The van der Waals surface area contributed by atoms with E-state index in [1.165, 1.54) is 11.3 Å². The maximum Gasteiger partial charge on any atom is 0.123 e. The van der Waals surface area contributed by atoms with Crippen molar-refractivity contribution in [1.82, 2.24) is 9.78 Å². The predicted molar refractivity (Wildman–Crippen MR) is 77.3 cm³/mol. The van der Waals surface area contributed by atoms with E-state index in [1.54, 1.807) is 7.11 Å². The van der Waals surface area contributed by atoms with E-state index < -0.39 is 0 Å². The summed E-state index contributed by atoms with van der Waals surface area (Å²) in [7, 11) is 1.67. The number of ether oxygens (including phenoxy) is 1. The summed E-state index contributed by atoms with van der Waals surface area (Å²) in [6.45, 7) is 7.60. The van der Waals surface area contributed by atoms with Crippen LogP contribution in [0, 0.1) is 13.8 Å². The van der Waals surface area contributed by atoms with Crippen LogP contribution >= 0.6 is 0 Å². The number of nitrogens with zero attached hydrogens (tertiary/aromatic N) is 2. The lowest BCUT2D eigenvalue weighted by Gasteiger charge is -2.10. The van der Waals surface area contributed by atoms with Gasteiger partial charge in [0.05, 0.1) is 12.8 Å². The van der Waals surface area contributed by atoms with Crippen molar-refractivity contribution >= 4 is 0 Å². The molecule has 0 atom stereocenters. The van der Waals surface area contributed by atoms with Gasteiger partial charge in [-0.05, 0) is 38.5 Å². The minimum atomic E-state index is 0.469. The van der Waals surface area contributed by atoms with Crippen LogP contribution in [0.5, 0.6) is 5.75 Å². The lowest BCUT2D eigenvalue weighted by Crippen LogP contribution is -2.01. The molecule has 0 bridgehead atoms. The Balaban J connectivity index is 2.56. The van der Waals surface area contributed by atoms with Gasteiger partial charge in [-0.3, -0.25) is 4.68 Å². The smallest absolute Gasteiger partial charge is 0.123 e. The van der Waals surface area contributed by atoms with Crippen LogP contribution in [0.4, 0.5) is 0 Å². The van der Waals surface area contributed by atoms with Crippen LogP contribution in [0.3, 0.4) is 0 Å². The van der Waals surface area contributed by atoms with Crippen molar-refractivity contribution in [3.05, 3.63) is 35.2 Å². The zero-order valence-corrected chi connectivity index (χ0v) is 12.0. The first-order valence-electron chi connectivity index (χ1n) is 6.53. The van der Waals surface area contributed by atoms with Crippen LogP contribution < -0.4 is 10.5 Å². The quantitative estimate of drug-likeness (QED) is 0.918. The molecule has 2 rings (SSSR count). The highest BCUT2D eigenvalue weighted by molar-refractivity contribution is 5.70. The highest BCUT2D eigenvalue weighted by Crippen LogP contribution is 2.30. The summed E-state index contributed by atoms with van der Waals surface area (Å²) in [6.07, 6.45) is 0. The highest BCUT2D eigenvalue weighted by atomic mass is 16.5. The van der Waals surface area contributed by atoms with Gasteiger partial charge in [-0.1, -0.05) is 6.07 Å². The molecule has 0 saturated heterocycles. The summed E-state index contributed by atoms with van der Waals surface area (Å²) in [6, 6.07) is 6.13. The topological polar surface area (TPSA) is 53.1 Å². The molecule has 1 aromatic heterocycles. The standard InChI is InChI=1S/C15H21N3O/c1-5-18-11(3)15(10(2)17-18)12-6-7-14(19-4)13(8-12)9-16/h6-8H,5,9,16H2,1-4H3. The average molecular weight is 259 g/mol. The molecule has 1 heterocycles. The van der Waals surface area contributed by atoms with Gasteiger partial charge in [-0.25, -0.2) is 0 Å². The molecule has 2 aromatic rings. The third-order valence-corrected chi connectivity index (χ3v) is 3.47.